The van der Waals surface area contributed by atoms with Crippen molar-refractivity contribution in [2.45, 2.75) is 31.9 Å². The van der Waals surface area contributed by atoms with Crippen molar-refractivity contribution in [3.8, 4) is 0 Å². The predicted octanol–water partition coefficient (Wildman–Crippen LogP) is 1.89. The quantitative estimate of drug-likeness (QED) is 0.904. The minimum atomic E-state index is -4.47. The van der Waals surface area contributed by atoms with Gasteiger partial charge in [-0.05, 0) is 19.8 Å². The summed E-state index contributed by atoms with van der Waals surface area (Å²) in [4.78, 5) is 17.8. The van der Waals surface area contributed by atoms with Crippen LogP contribution in [0.2, 0.25) is 0 Å². The van der Waals surface area contributed by atoms with Crippen LogP contribution in [0.5, 0.6) is 0 Å². The normalized spacial score (nSPS) is 18.9. The highest BCUT2D eigenvalue weighted by Crippen LogP contribution is 2.32. The van der Waals surface area contributed by atoms with E-state index in [9.17, 15) is 18.0 Å². The minimum absolute atomic E-state index is 0.240. The number of aromatic amines is 1. The fourth-order valence-electron chi connectivity index (χ4n) is 3.01. The number of imidazole rings is 1. The Bertz CT molecular complexity index is 750. The van der Waals surface area contributed by atoms with Crippen molar-refractivity contribution in [3.05, 3.63) is 29.1 Å². The van der Waals surface area contributed by atoms with E-state index in [1.807, 2.05) is 0 Å². The van der Waals surface area contributed by atoms with Gasteiger partial charge < -0.3 is 9.47 Å². The zero-order chi connectivity index (χ0) is 17.5. The van der Waals surface area contributed by atoms with Gasteiger partial charge in [0.05, 0.1) is 5.69 Å². The zero-order valence-corrected chi connectivity index (χ0v) is 13.3. The number of rotatable bonds is 2. The number of hydrogen-bond donors (Lipinski definition) is 1. The molecule has 130 valence electrons. The molecule has 10 heteroatoms. The summed E-state index contributed by atoms with van der Waals surface area (Å²) in [7, 11) is 1.54. The first kappa shape index (κ1) is 16.5. The number of alkyl halides is 3. The van der Waals surface area contributed by atoms with Gasteiger partial charge in [0.25, 0.3) is 5.91 Å². The van der Waals surface area contributed by atoms with E-state index in [2.05, 4.69) is 20.4 Å². The molecular formula is C14H17F3N6O. The molecule has 1 N–H and O–H groups in total. The van der Waals surface area contributed by atoms with E-state index in [0.29, 0.717) is 37.4 Å². The Hall–Kier alpha value is -2.39. The first-order valence-electron chi connectivity index (χ1n) is 7.54. The molecule has 2 aromatic rings. The summed E-state index contributed by atoms with van der Waals surface area (Å²) in [6, 6.07) is 0. The number of aromatic nitrogens is 5. The van der Waals surface area contributed by atoms with Crippen LogP contribution in [-0.2, 0) is 13.2 Å². The lowest BCUT2D eigenvalue weighted by molar-refractivity contribution is -0.141. The molecule has 7 nitrogen and oxygen atoms in total. The second kappa shape index (κ2) is 5.91. The van der Waals surface area contributed by atoms with Crippen LogP contribution >= 0.6 is 0 Å². The highest BCUT2D eigenvalue weighted by Gasteiger charge is 2.36. The van der Waals surface area contributed by atoms with Crippen LogP contribution in [0.4, 0.5) is 13.2 Å². The third-order valence-electron chi connectivity index (χ3n) is 4.20. The van der Waals surface area contributed by atoms with Crippen molar-refractivity contribution >= 4 is 5.91 Å². The average Bonchev–Trinajstić information content (AvgIpc) is 3.12. The van der Waals surface area contributed by atoms with Gasteiger partial charge >= 0.3 is 6.18 Å². The van der Waals surface area contributed by atoms with Crippen LogP contribution in [0.1, 0.15) is 46.5 Å². The lowest BCUT2D eigenvalue weighted by atomic mass is 9.97. The Kier molecular flexibility index (Phi) is 4.06. The molecule has 1 saturated heterocycles. The molecule has 0 aromatic carbocycles. The van der Waals surface area contributed by atoms with Crippen molar-refractivity contribution in [2.75, 3.05) is 13.1 Å². The van der Waals surface area contributed by atoms with Crippen molar-refractivity contribution in [2.24, 2.45) is 7.05 Å². The summed E-state index contributed by atoms with van der Waals surface area (Å²) in [6.07, 6.45) is -2.11. The summed E-state index contributed by atoms with van der Waals surface area (Å²) < 4.78 is 39.9. The number of hydrogen-bond acceptors (Lipinski definition) is 4. The summed E-state index contributed by atoms with van der Waals surface area (Å²) >= 11 is 0. The molecule has 1 aliphatic rings. The SMILES string of the molecule is Cc1n[nH]nc1C(=O)N1CCCC(c2nc(C(F)(F)F)cn2C)C1. The molecule has 2 aromatic heterocycles. The average molecular weight is 342 g/mol. The minimum Gasteiger partial charge on any atom is -0.337 e. The molecule has 0 aliphatic carbocycles. The molecule has 0 radical (unpaired) electrons. The Morgan fingerprint density at radius 2 is 2.12 bits per heavy atom. The van der Waals surface area contributed by atoms with E-state index in [1.165, 1.54) is 4.57 Å². The zero-order valence-electron chi connectivity index (χ0n) is 13.3. The Balaban J connectivity index is 1.80. The fourth-order valence-corrected chi connectivity index (χ4v) is 3.01. The Labute approximate surface area is 135 Å². The number of amides is 1. The van der Waals surface area contributed by atoms with Crippen molar-refractivity contribution in [1.82, 2.24) is 29.9 Å². The van der Waals surface area contributed by atoms with Crippen molar-refractivity contribution in [3.63, 3.8) is 0 Å². The van der Waals surface area contributed by atoms with Crippen LogP contribution in [0, 0.1) is 6.92 Å². The molecule has 1 unspecified atom stereocenters. The van der Waals surface area contributed by atoms with Gasteiger partial charge in [-0.3, -0.25) is 4.79 Å². The topological polar surface area (TPSA) is 79.7 Å². The second-order valence-corrected chi connectivity index (χ2v) is 5.94. The standard InChI is InChI=1S/C14H17F3N6O/c1-8-11(20-21-19-8)13(24)23-5-3-4-9(6-23)12-18-10(7-22(12)2)14(15,16)17/h7,9H,3-6H2,1-2H3,(H,19,20,21). The van der Waals surface area contributed by atoms with Crippen LogP contribution in [0.3, 0.4) is 0 Å². The Morgan fingerprint density at radius 3 is 2.71 bits per heavy atom. The van der Waals surface area contributed by atoms with E-state index >= 15 is 0 Å². The van der Waals surface area contributed by atoms with Gasteiger partial charge in [0.2, 0.25) is 0 Å². The van der Waals surface area contributed by atoms with Gasteiger partial charge in [0.15, 0.2) is 11.4 Å². The summed E-state index contributed by atoms with van der Waals surface area (Å²) in [5.41, 5.74) is -0.166. The number of carbonyl (C=O) groups excluding carboxylic acids is 1. The van der Waals surface area contributed by atoms with Gasteiger partial charge in [-0.25, -0.2) is 4.98 Å². The number of carbonyl (C=O) groups is 1. The molecule has 0 spiro atoms. The predicted molar refractivity (Wildman–Crippen MR) is 77.2 cm³/mol. The largest absolute Gasteiger partial charge is 0.434 e. The van der Waals surface area contributed by atoms with E-state index < -0.39 is 11.9 Å². The number of aryl methyl sites for hydroxylation is 2. The third kappa shape index (κ3) is 3.00. The number of nitrogens with zero attached hydrogens (tertiary/aromatic N) is 5. The first-order chi connectivity index (χ1) is 11.3. The van der Waals surface area contributed by atoms with Crippen LogP contribution in [-0.4, -0.2) is 48.9 Å². The van der Waals surface area contributed by atoms with Crippen molar-refractivity contribution in [1.29, 1.82) is 0 Å². The van der Waals surface area contributed by atoms with E-state index in [4.69, 9.17) is 0 Å². The molecule has 3 heterocycles. The molecule has 1 atom stereocenters. The third-order valence-corrected chi connectivity index (χ3v) is 4.20. The number of piperidine rings is 1. The molecule has 0 saturated carbocycles. The number of H-pyrrole nitrogens is 1. The van der Waals surface area contributed by atoms with Crippen LogP contribution < -0.4 is 0 Å². The molecule has 24 heavy (non-hydrogen) atoms. The van der Waals surface area contributed by atoms with Crippen LogP contribution in [0.15, 0.2) is 6.20 Å². The molecule has 1 aliphatic heterocycles. The molecule has 1 fully saturated rings. The lowest BCUT2D eigenvalue weighted by Crippen LogP contribution is -2.40. The maximum atomic E-state index is 12.8. The fraction of sp³-hybridized carbons (Fsp3) is 0.571. The van der Waals surface area contributed by atoms with Gasteiger partial charge in [0, 0.05) is 32.3 Å². The van der Waals surface area contributed by atoms with Gasteiger partial charge in [-0.2, -0.15) is 28.6 Å². The second-order valence-electron chi connectivity index (χ2n) is 5.94. The highest BCUT2D eigenvalue weighted by atomic mass is 19.4. The number of halogens is 3. The van der Waals surface area contributed by atoms with Crippen LogP contribution in [0.25, 0.3) is 0 Å². The summed E-state index contributed by atoms with van der Waals surface area (Å²) in [5, 5.41) is 10.1. The van der Waals surface area contributed by atoms with E-state index in [1.54, 1.807) is 18.9 Å². The van der Waals surface area contributed by atoms with Gasteiger partial charge in [-0.1, -0.05) is 0 Å². The summed E-state index contributed by atoms with van der Waals surface area (Å²) in [5.74, 6) is -0.163. The van der Waals surface area contributed by atoms with Crippen molar-refractivity contribution < 1.29 is 18.0 Å². The smallest absolute Gasteiger partial charge is 0.337 e. The van der Waals surface area contributed by atoms with E-state index in [-0.39, 0.29) is 17.5 Å². The van der Waals surface area contributed by atoms with E-state index in [0.717, 1.165) is 6.20 Å². The molecule has 1 amide bonds. The monoisotopic (exact) mass is 342 g/mol. The number of likely N-dealkylation sites (tertiary alicyclic amines) is 1. The summed E-state index contributed by atoms with van der Waals surface area (Å²) in [6.45, 7) is 2.53. The molecule has 3 rings (SSSR count). The number of nitrogens with one attached hydrogen (secondary N) is 1. The van der Waals surface area contributed by atoms with Gasteiger partial charge in [-0.15, -0.1) is 0 Å². The maximum absolute atomic E-state index is 12.8. The maximum Gasteiger partial charge on any atom is 0.434 e. The highest BCUT2D eigenvalue weighted by molar-refractivity contribution is 5.93. The lowest BCUT2D eigenvalue weighted by Gasteiger charge is -2.32. The molecular weight excluding hydrogens is 325 g/mol. The van der Waals surface area contributed by atoms with Gasteiger partial charge in [0.1, 0.15) is 5.82 Å². The molecule has 0 bridgehead atoms. The first-order valence-corrected chi connectivity index (χ1v) is 7.54. The Morgan fingerprint density at radius 1 is 1.38 bits per heavy atom.